The van der Waals surface area contributed by atoms with Crippen LogP contribution in [0.2, 0.25) is 0 Å². The van der Waals surface area contributed by atoms with Gasteiger partial charge in [0.2, 0.25) is 12.7 Å². The number of ether oxygens (including phenoxy) is 2. The van der Waals surface area contributed by atoms with Crippen LogP contribution in [0.5, 0.6) is 11.5 Å². The van der Waals surface area contributed by atoms with E-state index in [1.807, 2.05) is 59.8 Å². The summed E-state index contributed by atoms with van der Waals surface area (Å²) in [7, 11) is 0. The number of hydrogen-bond donors (Lipinski definition) is 1. The third kappa shape index (κ3) is 3.69. The minimum absolute atomic E-state index is 0.0247. The topological polar surface area (TPSA) is 50.8 Å². The maximum atomic E-state index is 11.9. The second kappa shape index (κ2) is 6.85. The van der Waals surface area contributed by atoms with Crippen LogP contribution in [0.15, 0.2) is 54.9 Å². The first-order chi connectivity index (χ1) is 10.8. The number of carbonyl (C=O) groups excluding carboxylic acids is 1. The molecule has 22 heavy (non-hydrogen) atoms. The molecule has 0 saturated heterocycles. The largest absolute Gasteiger partial charge is 0.454 e. The maximum absolute atomic E-state index is 11.9. The van der Waals surface area contributed by atoms with Gasteiger partial charge < -0.3 is 19.7 Å². The molecule has 0 saturated carbocycles. The molecule has 2 heterocycles. The predicted octanol–water partition coefficient (Wildman–Crippen LogP) is 2.32. The van der Waals surface area contributed by atoms with Gasteiger partial charge in [0.15, 0.2) is 11.5 Å². The molecule has 0 spiro atoms. The number of nitrogens with one attached hydrogen (secondary N) is 1. The third-order valence-electron chi connectivity index (χ3n) is 3.41. The van der Waals surface area contributed by atoms with E-state index in [1.54, 1.807) is 0 Å². The SMILES string of the molecule is O=C(CCN1C=CC=CC=C1)NCc1ccc2c(c1)OCO2. The molecule has 0 atom stereocenters. The van der Waals surface area contributed by atoms with E-state index < -0.39 is 0 Å². The Kier molecular flexibility index (Phi) is 4.44. The van der Waals surface area contributed by atoms with E-state index in [1.165, 1.54) is 0 Å². The summed E-state index contributed by atoms with van der Waals surface area (Å²) < 4.78 is 10.6. The Morgan fingerprint density at radius 3 is 2.68 bits per heavy atom. The highest BCUT2D eigenvalue weighted by molar-refractivity contribution is 5.76. The van der Waals surface area contributed by atoms with Gasteiger partial charge in [0.05, 0.1) is 0 Å². The second-order valence-electron chi connectivity index (χ2n) is 5.02. The fourth-order valence-corrected chi connectivity index (χ4v) is 2.22. The van der Waals surface area contributed by atoms with Gasteiger partial charge in [-0.15, -0.1) is 0 Å². The average molecular weight is 298 g/mol. The van der Waals surface area contributed by atoms with Crippen LogP contribution in [0.25, 0.3) is 0 Å². The Hall–Kier alpha value is -2.69. The van der Waals surface area contributed by atoms with Crippen molar-refractivity contribution in [1.82, 2.24) is 10.2 Å². The summed E-state index contributed by atoms with van der Waals surface area (Å²) in [5.74, 6) is 1.51. The van der Waals surface area contributed by atoms with Crippen LogP contribution in [0, 0.1) is 0 Å². The summed E-state index contributed by atoms with van der Waals surface area (Å²) in [5.41, 5.74) is 0.997. The molecule has 0 aliphatic carbocycles. The Morgan fingerprint density at radius 1 is 1.09 bits per heavy atom. The van der Waals surface area contributed by atoms with Gasteiger partial charge in [-0.05, 0) is 29.8 Å². The number of carbonyl (C=O) groups is 1. The zero-order chi connectivity index (χ0) is 15.2. The highest BCUT2D eigenvalue weighted by Crippen LogP contribution is 2.32. The van der Waals surface area contributed by atoms with Gasteiger partial charge >= 0.3 is 0 Å². The summed E-state index contributed by atoms with van der Waals surface area (Å²) in [5, 5.41) is 2.92. The second-order valence-corrected chi connectivity index (χ2v) is 5.02. The van der Waals surface area contributed by atoms with E-state index >= 15 is 0 Å². The van der Waals surface area contributed by atoms with Crippen molar-refractivity contribution in [3.63, 3.8) is 0 Å². The highest BCUT2D eigenvalue weighted by Gasteiger charge is 2.13. The number of allylic oxidation sites excluding steroid dienone is 4. The first kappa shape index (κ1) is 14.3. The van der Waals surface area contributed by atoms with Crippen LogP contribution in [0.3, 0.4) is 0 Å². The molecule has 3 rings (SSSR count). The standard InChI is InChI=1S/C17H18N2O3/c20-17(7-10-19-8-3-1-2-4-9-19)18-12-14-5-6-15-16(11-14)22-13-21-15/h1-6,8-9,11H,7,10,12-13H2,(H,18,20). The van der Waals surface area contributed by atoms with Crippen LogP contribution in [-0.4, -0.2) is 24.1 Å². The molecule has 2 aliphatic rings. The Morgan fingerprint density at radius 2 is 1.86 bits per heavy atom. The van der Waals surface area contributed by atoms with Gasteiger partial charge in [0.25, 0.3) is 0 Å². The molecule has 114 valence electrons. The highest BCUT2D eigenvalue weighted by atomic mass is 16.7. The fourth-order valence-electron chi connectivity index (χ4n) is 2.22. The lowest BCUT2D eigenvalue weighted by atomic mass is 10.2. The number of benzene rings is 1. The van der Waals surface area contributed by atoms with E-state index in [4.69, 9.17) is 9.47 Å². The molecule has 0 aromatic heterocycles. The molecule has 0 unspecified atom stereocenters. The molecule has 2 aliphatic heterocycles. The van der Waals surface area contributed by atoms with Crippen molar-refractivity contribution in [1.29, 1.82) is 0 Å². The number of nitrogens with zero attached hydrogens (tertiary/aromatic N) is 1. The number of amides is 1. The van der Waals surface area contributed by atoms with Crippen LogP contribution in [0.4, 0.5) is 0 Å². The van der Waals surface area contributed by atoms with Crippen LogP contribution >= 0.6 is 0 Å². The van der Waals surface area contributed by atoms with Crippen molar-refractivity contribution >= 4 is 5.91 Å². The smallest absolute Gasteiger partial charge is 0.231 e. The summed E-state index contributed by atoms with van der Waals surface area (Å²) in [6.07, 6.45) is 12.1. The van der Waals surface area contributed by atoms with Crippen molar-refractivity contribution < 1.29 is 14.3 Å². The van der Waals surface area contributed by atoms with Crippen molar-refractivity contribution in [3.05, 3.63) is 60.5 Å². The molecule has 1 N–H and O–H groups in total. The molecule has 5 nitrogen and oxygen atoms in total. The molecular weight excluding hydrogens is 280 g/mol. The van der Waals surface area contributed by atoms with Gasteiger partial charge in [-0.25, -0.2) is 0 Å². The van der Waals surface area contributed by atoms with Crippen LogP contribution in [0.1, 0.15) is 12.0 Å². The van der Waals surface area contributed by atoms with Crippen LogP contribution < -0.4 is 14.8 Å². The first-order valence-corrected chi connectivity index (χ1v) is 7.24. The van der Waals surface area contributed by atoms with E-state index in [0.717, 1.165) is 17.1 Å². The maximum Gasteiger partial charge on any atom is 0.231 e. The molecule has 0 fully saturated rings. The van der Waals surface area contributed by atoms with Crippen molar-refractivity contribution in [2.24, 2.45) is 0 Å². The average Bonchev–Trinajstić information content (AvgIpc) is 2.84. The van der Waals surface area contributed by atoms with E-state index in [-0.39, 0.29) is 12.7 Å². The fraction of sp³-hybridized carbons (Fsp3) is 0.235. The predicted molar refractivity (Wildman–Crippen MR) is 83.2 cm³/mol. The van der Waals surface area contributed by atoms with E-state index in [9.17, 15) is 4.79 Å². The van der Waals surface area contributed by atoms with E-state index in [0.29, 0.717) is 19.5 Å². The summed E-state index contributed by atoms with van der Waals surface area (Å²) >= 11 is 0. The van der Waals surface area contributed by atoms with Crippen LogP contribution in [-0.2, 0) is 11.3 Å². The molecule has 1 aromatic carbocycles. The Balaban J connectivity index is 1.44. The lowest BCUT2D eigenvalue weighted by Gasteiger charge is -2.14. The molecule has 0 radical (unpaired) electrons. The quantitative estimate of drug-likeness (QED) is 0.906. The van der Waals surface area contributed by atoms with Gasteiger partial charge in [-0.2, -0.15) is 0 Å². The minimum atomic E-state index is 0.0247. The van der Waals surface area contributed by atoms with Gasteiger partial charge in [-0.3, -0.25) is 4.79 Å². The van der Waals surface area contributed by atoms with Crippen molar-refractivity contribution in [2.45, 2.75) is 13.0 Å². The zero-order valence-electron chi connectivity index (χ0n) is 12.2. The van der Waals surface area contributed by atoms with Gasteiger partial charge in [-0.1, -0.05) is 18.2 Å². The lowest BCUT2D eigenvalue weighted by Crippen LogP contribution is -2.26. The molecule has 1 amide bonds. The van der Waals surface area contributed by atoms with Crippen molar-refractivity contribution in [3.8, 4) is 11.5 Å². The molecule has 0 bridgehead atoms. The van der Waals surface area contributed by atoms with Crippen molar-refractivity contribution in [2.75, 3.05) is 13.3 Å². The molecule has 1 aromatic rings. The zero-order valence-corrected chi connectivity index (χ0v) is 12.2. The Labute approximate surface area is 129 Å². The molecule has 5 heteroatoms. The number of hydrogen-bond acceptors (Lipinski definition) is 4. The summed E-state index contributed by atoms with van der Waals surface area (Å²) in [6.45, 7) is 1.40. The summed E-state index contributed by atoms with van der Waals surface area (Å²) in [6, 6.07) is 5.69. The van der Waals surface area contributed by atoms with Gasteiger partial charge in [0.1, 0.15) is 0 Å². The number of fused-ring (bicyclic) bond motifs is 1. The monoisotopic (exact) mass is 298 g/mol. The third-order valence-corrected chi connectivity index (χ3v) is 3.41. The minimum Gasteiger partial charge on any atom is -0.454 e. The molecular formula is C17H18N2O3. The Bertz CT molecular complexity index is 619. The van der Waals surface area contributed by atoms with E-state index in [2.05, 4.69) is 5.32 Å². The lowest BCUT2D eigenvalue weighted by molar-refractivity contribution is -0.121. The van der Waals surface area contributed by atoms with Gasteiger partial charge in [0, 0.05) is 31.9 Å². The normalized spacial score (nSPS) is 15.0. The number of rotatable bonds is 5. The summed E-state index contributed by atoms with van der Waals surface area (Å²) in [4.78, 5) is 13.9. The first-order valence-electron chi connectivity index (χ1n) is 7.24.